The van der Waals surface area contributed by atoms with Crippen molar-refractivity contribution in [3.05, 3.63) is 59.7 Å². The van der Waals surface area contributed by atoms with Crippen molar-refractivity contribution in [2.24, 2.45) is 0 Å². The van der Waals surface area contributed by atoms with Crippen LogP contribution in [-0.4, -0.2) is 0 Å². The molecule has 0 amide bonds. The second kappa shape index (κ2) is 6.90. The molecule has 0 saturated carbocycles. The van der Waals surface area contributed by atoms with Crippen molar-refractivity contribution in [1.29, 1.82) is 0 Å². The largest absolute Gasteiger partial charge is 0.207 e. The minimum Gasteiger partial charge on any atom is -0.207 e. The Labute approximate surface area is 107 Å². The van der Waals surface area contributed by atoms with Gasteiger partial charge in [-0.1, -0.05) is 51.1 Å². The number of hydrogen-bond acceptors (Lipinski definition) is 0. The van der Waals surface area contributed by atoms with Crippen molar-refractivity contribution in [2.45, 2.75) is 27.2 Å². The maximum atomic E-state index is 13.6. The van der Waals surface area contributed by atoms with E-state index in [1.54, 1.807) is 6.92 Å². The molecule has 2 aromatic carbocycles. The molecule has 2 rings (SSSR count). The topological polar surface area (TPSA) is 0 Å². The summed E-state index contributed by atoms with van der Waals surface area (Å²) >= 11 is 0. The van der Waals surface area contributed by atoms with Gasteiger partial charge in [0.25, 0.3) is 0 Å². The predicted molar refractivity (Wildman–Crippen MR) is 72.5 cm³/mol. The van der Waals surface area contributed by atoms with E-state index in [4.69, 9.17) is 0 Å². The van der Waals surface area contributed by atoms with E-state index >= 15 is 0 Å². The summed E-state index contributed by atoms with van der Waals surface area (Å²) in [6.07, 6.45) is 0.368. The van der Waals surface area contributed by atoms with Crippen molar-refractivity contribution in [2.75, 3.05) is 0 Å². The molecule has 2 heteroatoms. The minimum absolute atomic E-state index is 0.152. The van der Waals surface area contributed by atoms with E-state index in [0.717, 1.165) is 5.56 Å². The number of halogens is 2. The molecule has 96 valence electrons. The molecule has 0 aromatic heterocycles. The van der Waals surface area contributed by atoms with Crippen molar-refractivity contribution in [3.63, 3.8) is 0 Å². The van der Waals surface area contributed by atoms with Gasteiger partial charge in [-0.2, -0.15) is 0 Å². The highest BCUT2D eigenvalue weighted by Gasteiger charge is 2.09. The van der Waals surface area contributed by atoms with Crippen LogP contribution in [0, 0.1) is 11.6 Å². The van der Waals surface area contributed by atoms with Gasteiger partial charge in [-0.3, -0.25) is 0 Å². The summed E-state index contributed by atoms with van der Waals surface area (Å²) in [6.45, 7) is 5.74. The molecule has 0 atom stereocenters. The molecular weight excluding hydrogens is 230 g/mol. The Morgan fingerprint density at radius 1 is 0.833 bits per heavy atom. The number of benzene rings is 2. The van der Waals surface area contributed by atoms with Crippen molar-refractivity contribution < 1.29 is 8.78 Å². The highest BCUT2D eigenvalue weighted by molar-refractivity contribution is 5.63. The van der Waals surface area contributed by atoms with Crippen LogP contribution < -0.4 is 0 Å². The van der Waals surface area contributed by atoms with Gasteiger partial charge < -0.3 is 0 Å². The first-order valence-corrected chi connectivity index (χ1v) is 6.25. The zero-order valence-corrected chi connectivity index (χ0v) is 11.0. The Balaban J connectivity index is 0.000000771. The standard InChI is InChI=1S/C14H12F2.C2H6/c1-2-12-13(15)8-11(9-14(12)16)10-6-4-3-5-7-10;1-2/h3-9H,2H2,1H3;1-2H3. The normalized spacial score (nSPS) is 9.61. The first kappa shape index (κ1) is 14.4. The van der Waals surface area contributed by atoms with Gasteiger partial charge in [0.05, 0.1) is 0 Å². The molecule has 0 heterocycles. The summed E-state index contributed by atoms with van der Waals surface area (Å²) in [5, 5.41) is 0. The molecule has 0 aliphatic carbocycles. The zero-order chi connectivity index (χ0) is 13.5. The quantitative estimate of drug-likeness (QED) is 0.683. The Morgan fingerprint density at radius 2 is 1.33 bits per heavy atom. The molecule has 0 unspecified atom stereocenters. The molecule has 0 nitrogen and oxygen atoms in total. The first-order chi connectivity index (χ1) is 8.72. The molecule has 0 N–H and O–H groups in total. The van der Waals surface area contributed by atoms with Gasteiger partial charge in [-0.05, 0) is 29.7 Å². The van der Waals surface area contributed by atoms with Gasteiger partial charge >= 0.3 is 0 Å². The molecule has 0 spiro atoms. The highest BCUT2D eigenvalue weighted by Crippen LogP contribution is 2.24. The molecule has 0 radical (unpaired) electrons. The molecule has 0 aliphatic rings. The van der Waals surface area contributed by atoms with Crippen LogP contribution in [0.2, 0.25) is 0 Å². The molecule has 0 aliphatic heterocycles. The van der Waals surface area contributed by atoms with E-state index in [1.165, 1.54) is 12.1 Å². The molecule has 0 fully saturated rings. The van der Waals surface area contributed by atoms with E-state index < -0.39 is 11.6 Å². The van der Waals surface area contributed by atoms with Gasteiger partial charge in [0.1, 0.15) is 11.6 Å². The van der Waals surface area contributed by atoms with Crippen molar-refractivity contribution in [1.82, 2.24) is 0 Å². The van der Waals surface area contributed by atoms with Crippen LogP contribution in [-0.2, 0) is 6.42 Å². The molecule has 0 saturated heterocycles. The second-order valence-corrected chi connectivity index (χ2v) is 3.64. The molecule has 2 aromatic rings. The van der Waals surface area contributed by atoms with Crippen LogP contribution in [0.5, 0.6) is 0 Å². The lowest BCUT2D eigenvalue weighted by molar-refractivity contribution is 0.560. The summed E-state index contributed by atoms with van der Waals surface area (Å²) in [7, 11) is 0. The lowest BCUT2D eigenvalue weighted by atomic mass is 10.0. The number of rotatable bonds is 2. The van der Waals surface area contributed by atoms with Crippen molar-refractivity contribution >= 4 is 0 Å². The summed E-state index contributed by atoms with van der Waals surface area (Å²) in [4.78, 5) is 0. The smallest absolute Gasteiger partial charge is 0.129 e. The van der Waals surface area contributed by atoms with Crippen LogP contribution in [0.25, 0.3) is 11.1 Å². The minimum atomic E-state index is -0.471. The van der Waals surface area contributed by atoms with Gasteiger partial charge in [0.2, 0.25) is 0 Å². The Kier molecular flexibility index (Phi) is 5.50. The van der Waals surface area contributed by atoms with Crippen LogP contribution in [0.4, 0.5) is 8.78 Å². The van der Waals surface area contributed by atoms with Crippen LogP contribution >= 0.6 is 0 Å². The fraction of sp³-hybridized carbons (Fsp3) is 0.250. The maximum absolute atomic E-state index is 13.6. The summed E-state index contributed by atoms with van der Waals surface area (Å²) < 4.78 is 27.1. The molecule has 18 heavy (non-hydrogen) atoms. The maximum Gasteiger partial charge on any atom is 0.129 e. The van der Waals surface area contributed by atoms with Crippen LogP contribution in [0.3, 0.4) is 0 Å². The third-order valence-corrected chi connectivity index (χ3v) is 2.60. The monoisotopic (exact) mass is 248 g/mol. The summed E-state index contributed by atoms with van der Waals surface area (Å²) in [5.74, 6) is -0.942. The van der Waals surface area contributed by atoms with E-state index in [9.17, 15) is 8.78 Å². The lowest BCUT2D eigenvalue weighted by Crippen LogP contribution is -1.94. The zero-order valence-electron chi connectivity index (χ0n) is 11.0. The number of hydrogen-bond donors (Lipinski definition) is 0. The summed E-state index contributed by atoms with van der Waals surface area (Å²) in [6, 6.07) is 12.0. The second-order valence-electron chi connectivity index (χ2n) is 3.64. The SMILES string of the molecule is CC.CCc1c(F)cc(-c2ccccc2)cc1F. The lowest BCUT2D eigenvalue weighted by Gasteiger charge is -2.06. The fourth-order valence-corrected chi connectivity index (χ4v) is 1.74. The molecular formula is C16H18F2. The predicted octanol–water partition coefficient (Wildman–Crippen LogP) is 5.22. The van der Waals surface area contributed by atoms with Gasteiger partial charge in [0.15, 0.2) is 0 Å². The van der Waals surface area contributed by atoms with Gasteiger partial charge in [-0.25, -0.2) is 8.78 Å². The Hall–Kier alpha value is -1.70. The fourth-order valence-electron chi connectivity index (χ4n) is 1.74. The van der Waals surface area contributed by atoms with Crippen molar-refractivity contribution in [3.8, 4) is 11.1 Å². The van der Waals surface area contributed by atoms with Gasteiger partial charge in [-0.15, -0.1) is 0 Å². The summed E-state index contributed by atoms with van der Waals surface area (Å²) in [5.41, 5.74) is 1.55. The van der Waals surface area contributed by atoms with Gasteiger partial charge in [0, 0.05) is 5.56 Å². The van der Waals surface area contributed by atoms with E-state index in [0.29, 0.717) is 12.0 Å². The van der Waals surface area contributed by atoms with E-state index in [1.807, 2.05) is 44.2 Å². The highest BCUT2D eigenvalue weighted by atomic mass is 19.1. The van der Waals surface area contributed by atoms with E-state index in [-0.39, 0.29) is 5.56 Å². The Morgan fingerprint density at radius 3 is 1.78 bits per heavy atom. The average molecular weight is 248 g/mol. The Bertz CT molecular complexity index is 467. The average Bonchev–Trinajstić information content (AvgIpc) is 2.41. The van der Waals surface area contributed by atoms with Crippen LogP contribution in [0.1, 0.15) is 26.3 Å². The molecule has 0 bridgehead atoms. The third-order valence-electron chi connectivity index (χ3n) is 2.60. The van der Waals surface area contributed by atoms with E-state index in [2.05, 4.69) is 0 Å². The first-order valence-electron chi connectivity index (χ1n) is 6.25. The third kappa shape index (κ3) is 3.16. The van der Waals surface area contributed by atoms with Crippen LogP contribution in [0.15, 0.2) is 42.5 Å².